The van der Waals surface area contributed by atoms with E-state index in [-0.39, 0.29) is 0 Å². The lowest BCUT2D eigenvalue weighted by atomic mass is 10.0. The highest BCUT2D eigenvalue weighted by Gasteiger charge is 2.04. The van der Waals surface area contributed by atoms with Crippen LogP contribution in [0, 0.1) is 0 Å². The summed E-state index contributed by atoms with van der Waals surface area (Å²) >= 11 is 0. The van der Waals surface area contributed by atoms with Crippen molar-refractivity contribution in [2.75, 3.05) is 0 Å². The molecule has 0 atom stereocenters. The lowest BCUT2D eigenvalue weighted by molar-refractivity contribution is 0.868. The van der Waals surface area contributed by atoms with Crippen LogP contribution in [0.15, 0.2) is 30.9 Å². The highest BCUT2D eigenvalue weighted by Crippen LogP contribution is 2.22. The van der Waals surface area contributed by atoms with Gasteiger partial charge in [0.2, 0.25) is 0 Å². The summed E-state index contributed by atoms with van der Waals surface area (Å²) in [5.41, 5.74) is 1.27. The second-order valence-corrected chi connectivity index (χ2v) is 3.48. The molecule has 2 heteroatoms. The zero-order chi connectivity index (χ0) is 9.26. The summed E-state index contributed by atoms with van der Waals surface area (Å²) in [5.74, 6) is 0.500. The molecule has 2 heterocycles. The van der Waals surface area contributed by atoms with E-state index >= 15 is 0 Å². The van der Waals surface area contributed by atoms with E-state index in [1.807, 2.05) is 24.7 Å². The first-order valence-electron chi connectivity index (χ1n) is 4.46. The Bertz CT molecular complexity index is 416. The molecule has 0 radical (unpaired) electrons. The normalized spacial score (nSPS) is 11.0. The Hall–Kier alpha value is -1.44. The van der Waals surface area contributed by atoms with Gasteiger partial charge in [-0.1, -0.05) is 13.8 Å². The molecular weight excluding hydrogens is 160 g/mol. The molecule has 2 aromatic heterocycles. The van der Waals surface area contributed by atoms with E-state index in [1.165, 1.54) is 16.3 Å². The summed E-state index contributed by atoms with van der Waals surface area (Å²) in [6.45, 7) is 4.34. The van der Waals surface area contributed by atoms with E-state index in [0.717, 1.165) is 0 Å². The Morgan fingerprint density at radius 1 is 1.08 bits per heavy atom. The number of rotatable bonds is 1. The molecule has 0 aliphatic carbocycles. The fourth-order valence-electron chi connectivity index (χ4n) is 1.49. The first-order chi connectivity index (χ1) is 6.29. The summed E-state index contributed by atoms with van der Waals surface area (Å²) in [6, 6.07) is 1.99. The maximum Gasteiger partial charge on any atom is 0.0350 e. The Balaban J connectivity index is 2.76. The van der Waals surface area contributed by atoms with Crippen molar-refractivity contribution in [1.29, 1.82) is 0 Å². The standard InChI is InChI=1S/C11H12N2/c1-8(2)10-6-13-5-9-3-4-12-7-11(9)10/h3-8H,1-2H3. The Morgan fingerprint density at radius 3 is 2.69 bits per heavy atom. The van der Waals surface area contributed by atoms with Gasteiger partial charge in [-0.25, -0.2) is 0 Å². The topological polar surface area (TPSA) is 25.8 Å². The first-order valence-corrected chi connectivity index (χ1v) is 4.46. The molecule has 0 aliphatic rings. The molecule has 0 aliphatic heterocycles. The van der Waals surface area contributed by atoms with Crippen molar-refractivity contribution in [2.24, 2.45) is 0 Å². The molecule has 2 nitrogen and oxygen atoms in total. The monoisotopic (exact) mass is 172 g/mol. The Kier molecular flexibility index (Phi) is 1.97. The lowest BCUT2D eigenvalue weighted by Gasteiger charge is -2.07. The molecule has 0 saturated carbocycles. The van der Waals surface area contributed by atoms with E-state index in [0.29, 0.717) is 5.92 Å². The van der Waals surface area contributed by atoms with Gasteiger partial charge in [-0.2, -0.15) is 0 Å². The molecule has 0 unspecified atom stereocenters. The third-order valence-electron chi connectivity index (χ3n) is 2.22. The maximum atomic E-state index is 4.21. The minimum atomic E-state index is 0.500. The smallest absolute Gasteiger partial charge is 0.0350 e. The van der Waals surface area contributed by atoms with Gasteiger partial charge in [-0.05, 0) is 17.5 Å². The zero-order valence-corrected chi connectivity index (χ0v) is 7.86. The van der Waals surface area contributed by atoms with E-state index < -0.39 is 0 Å². The van der Waals surface area contributed by atoms with Crippen LogP contribution in [0.4, 0.5) is 0 Å². The number of pyridine rings is 2. The molecule has 0 amide bonds. The number of nitrogens with zero attached hydrogens (tertiary/aromatic N) is 2. The molecular formula is C11H12N2. The van der Waals surface area contributed by atoms with Gasteiger partial charge in [-0.3, -0.25) is 9.97 Å². The van der Waals surface area contributed by atoms with Gasteiger partial charge in [0.05, 0.1) is 0 Å². The van der Waals surface area contributed by atoms with Gasteiger partial charge >= 0.3 is 0 Å². The number of aromatic nitrogens is 2. The Labute approximate surface area is 77.6 Å². The molecule has 0 fully saturated rings. The van der Waals surface area contributed by atoms with Crippen LogP contribution in [0.3, 0.4) is 0 Å². The second kappa shape index (κ2) is 3.13. The quantitative estimate of drug-likeness (QED) is 0.661. The molecule has 0 bridgehead atoms. The number of hydrogen-bond donors (Lipinski definition) is 0. The Morgan fingerprint density at radius 2 is 1.92 bits per heavy atom. The number of hydrogen-bond acceptors (Lipinski definition) is 2. The molecule has 2 aromatic rings. The van der Waals surface area contributed by atoms with Crippen LogP contribution in [-0.2, 0) is 0 Å². The predicted molar refractivity (Wildman–Crippen MR) is 53.6 cm³/mol. The van der Waals surface area contributed by atoms with Gasteiger partial charge in [0, 0.05) is 35.6 Å². The van der Waals surface area contributed by atoms with Crippen molar-refractivity contribution in [1.82, 2.24) is 9.97 Å². The second-order valence-electron chi connectivity index (χ2n) is 3.48. The number of fused-ring (bicyclic) bond motifs is 1. The minimum Gasteiger partial charge on any atom is -0.264 e. The van der Waals surface area contributed by atoms with Gasteiger partial charge in [-0.15, -0.1) is 0 Å². The molecule has 13 heavy (non-hydrogen) atoms. The van der Waals surface area contributed by atoms with Crippen molar-refractivity contribution in [2.45, 2.75) is 19.8 Å². The van der Waals surface area contributed by atoms with E-state index in [9.17, 15) is 0 Å². The molecule has 66 valence electrons. The molecule has 0 aromatic carbocycles. The van der Waals surface area contributed by atoms with Crippen LogP contribution in [-0.4, -0.2) is 9.97 Å². The largest absolute Gasteiger partial charge is 0.264 e. The van der Waals surface area contributed by atoms with Crippen LogP contribution >= 0.6 is 0 Å². The van der Waals surface area contributed by atoms with E-state index in [1.54, 1.807) is 6.20 Å². The molecule has 0 saturated heterocycles. The highest BCUT2D eigenvalue weighted by atomic mass is 14.7. The average Bonchev–Trinajstić information content (AvgIpc) is 2.17. The van der Waals surface area contributed by atoms with Crippen LogP contribution in [0.1, 0.15) is 25.3 Å². The summed E-state index contributed by atoms with van der Waals surface area (Å²) < 4.78 is 0. The summed E-state index contributed by atoms with van der Waals surface area (Å²) in [4.78, 5) is 8.33. The van der Waals surface area contributed by atoms with Gasteiger partial charge in [0.15, 0.2) is 0 Å². The SMILES string of the molecule is CC(C)c1cncc2ccncc12. The first kappa shape index (κ1) is 8.17. The van der Waals surface area contributed by atoms with Crippen LogP contribution < -0.4 is 0 Å². The van der Waals surface area contributed by atoms with E-state index in [2.05, 4.69) is 23.8 Å². The van der Waals surface area contributed by atoms with Crippen molar-refractivity contribution in [3.63, 3.8) is 0 Å². The third kappa shape index (κ3) is 1.39. The fourth-order valence-corrected chi connectivity index (χ4v) is 1.49. The zero-order valence-electron chi connectivity index (χ0n) is 7.86. The molecule has 2 rings (SSSR count). The summed E-state index contributed by atoms with van der Waals surface area (Å²) in [6.07, 6.45) is 7.51. The molecule has 0 spiro atoms. The average molecular weight is 172 g/mol. The third-order valence-corrected chi connectivity index (χ3v) is 2.22. The summed E-state index contributed by atoms with van der Waals surface area (Å²) in [7, 11) is 0. The van der Waals surface area contributed by atoms with Crippen molar-refractivity contribution in [3.8, 4) is 0 Å². The highest BCUT2D eigenvalue weighted by molar-refractivity contribution is 5.83. The predicted octanol–water partition coefficient (Wildman–Crippen LogP) is 2.75. The van der Waals surface area contributed by atoms with Gasteiger partial charge in [0.1, 0.15) is 0 Å². The van der Waals surface area contributed by atoms with Gasteiger partial charge < -0.3 is 0 Å². The summed E-state index contributed by atoms with van der Waals surface area (Å²) in [5, 5.41) is 2.38. The van der Waals surface area contributed by atoms with Crippen LogP contribution in [0.5, 0.6) is 0 Å². The minimum absolute atomic E-state index is 0.500. The van der Waals surface area contributed by atoms with Crippen molar-refractivity contribution in [3.05, 3.63) is 36.4 Å². The lowest BCUT2D eigenvalue weighted by Crippen LogP contribution is -1.91. The van der Waals surface area contributed by atoms with Crippen LogP contribution in [0.2, 0.25) is 0 Å². The van der Waals surface area contributed by atoms with Crippen LogP contribution in [0.25, 0.3) is 10.8 Å². The molecule has 0 N–H and O–H groups in total. The maximum absolute atomic E-state index is 4.21. The van der Waals surface area contributed by atoms with Crippen molar-refractivity contribution < 1.29 is 0 Å². The van der Waals surface area contributed by atoms with Crippen molar-refractivity contribution >= 4 is 10.8 Å². The van der Waals surface area contributed by atoms with E-state index in [4.69, 9.17) is 0 Å². The van der Waals surface area contributed by atoms with Gasteiger partial charge in [0.25, 0.3) is 0 Å². The fraction of sp³-hybridized carbons (Fsp3) is 0.273.